The van der Waals surface area contributed by atoms with Crippen LogP contribution in [0.2, 0.25) is 0 Å². The summed E-state index contributed by atoms with van der Waals surface area (Å²) in [6, 6.07) is 3.82. The molecule has 0 heterocycles. The van der Waals surface area contributed by atoms with Crippen molar-refractivity contribution in [1.82, 2.24) is 0 Å². The zero-order chi connectivity index (χ0) is 14.4. The van der Waals surface area contributed by atoms with Gasteiger partial charge < -0.3 is 9.84 Å². The zero-order valence-corrected chi connectivity index (χ0v) is 13.0. The maximum absolute atomic E-state index is 10.6. The maximum Gasteiger partial charge on any atom is 0.328 e. The van der Waals surface area contributed by atoms with Crippen LogP contribution in [0.5, 0.6) is 5.75 Å². The van der Waals surface area contributed by atoms with Gasteiger partial charge in [0, 0.05) is 16.1 Å². The molecule has 0 saturated carbocycles. The molecule has 1 unspecified atom stereocenters. The van der Waals surface area contributed by atoms with E-state index in [2.05, 4.69) is 29.8 Å². The van der Waals surface area contributed by atoms with Gasteiger partial charge in [-0.05, 0) is 36.6 Å². The molecule has 3 nitrogen and oxygen atoms in total. The lowest BCUT2D eigenvalue weighted by atomic mass is 10.1. The van der Waals surface area contributed by atoms with Crippen molar-refractivity contribution in [2.24, 2.45) is 5.92 Å². The summed E-state index contributed by atoms with van der Waals surface area (Å²) in [7, 11) is 0. The number of hydrogen-bond acceptors (Lipinski definition) is 2. The second-order valence-electron chi connectivity index (χ2n) is 4.64. The van der Waals surface area contributed by atoms with Gasteiger partial charge in [0.2, 0.25) is 0 Å². The van der Waals surface area contributed by atoms with Gasteiger partial charge in [0.25, 0.3) is 0 Å². The van der Waals surface area contributed by atoms with E-state index >= 15 is 0 Å². The Labute approximate surface area is 122 Å². The minimum absolute atomic E-state index is 0.472. The van der Waals surface area contributed by atoms with E-state index in [-0.39, 0.29) is 0 Å². The average molecular weight is 327 g/mol. The van der Waals surface area contributed by atoms with Crippen molar-refractivity contribution in [2.45, 2.75) is 27.2 Å². The highest BCUT2D eigenvalue weighted by Gasteiger charge is 2.09. The van der Waals surface area contributed by atoms with E-state index in [1.807, 2.05) is 19.1 Å². The third-order valence-electron chi connectivity index (χ3n) is 2.88. The molecule has 0 bridgehead atoms. The fraction of sp³-hybridized carbons (Fsp3) is 0.400. The Hall–Kier alpha value is -1.29. The Balaban J connectivity index is 3.02. The molecule has 1 atom stereocenters. The second kappa shape index (κ2) is 7.34. The van der Waals surface area contributed by atoms with Gasteiger partial charge in [-0.15, -0.1) is 0 Å². The Morgan fingerprint density at radius 3 is 2.79 bits per heavy atom. The summed E-state index contributed by atoms with van der Waals surface area (Å²) in [5, 5.41) is 8.72. The van der Waals surface area contributed by atoms with Crippen molar-refractivity contribution in [3.63, 3.8) is 0 Å². The van der Waals surface area contributed by atoms with Crippen LogP contribution in [0.15, 0.2) is 22.7 Å². The molecule has 104 valence electrons. The smallest absolute Gasteiger partial charge is 0.328 e. The predicted octanol–water partition coefficient (Wildman–Crippen LogP) is 4.28. The average Bonchev–Trinajstić information content (AvgIpc) is 2.34. The molecular formula is C15H19BrO3. The van der Waals surface area contributed by atoms with Gasteiger partial charge in [-0.1, -0.05) is 36.2 Å². The number of halogens is 1. The van der Waals surface area contributed by atoms with E-state index in [1.54, 1.807) is 6.08 Å². The fourth-order valence-corrected chi connectivity index (χ4v) is 2.17. The van der Waals surface area contributed by atoms with Crippen molar-refractivity contribution < 1.29 is 14.6 Å². The highest BCUT2D eigenvalue weighted by molar-refractivity contribution is 9.10. The minimum Gasteiger partial charge on any atom is -0.492 e. The lowest BCUT2D eigenvalue weighted by Crippen LogP contribution is -2.09. The number of aryl methyl sites for hydroxylation is 1. The molecule has 1 N–H and O–H groups in total. The molecule has 19 heavy (non-hydrogen) atoms. The van der Waals surface area contributed by atoms with Gasteiger partial charge in [-0.2, -0.15) is 0 Å². The van der Waals surface area contributed by atoms with Gasteiger partial charge in [0.15, 0.2) is 0 Å². The summed E-state index contributed by atoms with van der Waals surface area (Å²) in [4.78, 5) is 10.6. The van der Waals surface area contributed by atoms with E-state index in [0.717, 1.165) is 33.8 Å². The molecule has 0 amide bonds. The Morgan fingerprint density at radius 1 is 1.53 bits per heavy atom. The van der Waals surface area contributed by atoms with E-state index in [1.165, 1.54) is 0 Å². The number of aliphatic carboxylic acids is 1. The molecule has 1 aromatic carbocycles. The third kappa shape index (κ3) is 5.07. The molecule has 0 aliphatic carbocycles. The molecule has 0 radical (unpaired) electrons. The van der Waals surface area contributed by atoms with Crippen LogP contribution in [0.1, 0.15) is 31.4 Å². The van der Waals surface area contributed by atoms with Crippen LogP contribution in [0, 0.1) is 12.8 Å². The van der Waals surface area contributed by atoms with Gasteiger partial charge in [-0.25, -0.2) is 4.79 Å². The van der Waals surface area contributed by atoms with E-state index < -0.39 is 5.97 Å². The number of ether oxygens (including phenoxy) is 1. The lowest BCUT2D eigenvalue weighted by Gasteiger charge is -2.15. The minimum atomic E-state index is -0.967. The Morgan fingerprint density at radius 2 is 2.21 bits per heavy atom. The first kappa shape index (κ1) is 15.8. The molecule has 0 fully saturated rings. The number of carboxylic acids is 1. The first-order valence-corrected chi connectivity index (χ1v) is 7.07. The Kier molecular flexibility index (Phi) is 6.09. The van der Waals surface area contributed by atoms with Crippen LogP contribution in [0.3, 0.4) is 0 Å². The Bertz CT molecular complexity index is 481. The molecule has 0 aromatic heterocycles. The highest BCUT2D eigenvalue weighted by Crippen LogP contribution is 2.29. The van der Waals surface area contributed by atoms with Crippen LogP contribution in [0.25, 0.3) is 6.08 Å². The predicted molar refractivity (Wildman–Crippen MR) is 80.5 cm³/mol. The summed E-state index contributed by atoms with van der Waals surface area (Å²) >= 11 is 3.41. The van der Waals surface area contributed by atoms with Crippen LogP contribution in [-0.2, 0) is 4.79 Å². The highest BCUT2D eigenvalue weighted by atomic mass is 79.9. The molecule has 0 spiro atoms. The zero-order valence-electron chi connectivity index (χ0n) is 11.4. The van der Waals surface area contributed by atoms with Gasteiger partial charge >= 0.3 is 5.97 Å². The van der Waals surface area contributed by atoms with Gasteiger partial charge in [0.05, 0.1) is 6.61 Å². The standard InChI is InChI=1S/C15H19BrO3/c1-4-10(2)9-19-15-11(3)7-13(16)8-12(15)5-6-14(17)18/h5-8,10H,4,9H2,1-3H3,(H,17,18)/b6-5+. The molecular weight excluding hydrogens is 308 g/mol. The number of rotatable bonds is 6. The molecule has 0 saturated heterocycles. The van der Waals surface area contributed by atoms with Crippen molar-refractivity contribution in [2.75, 3.05) is 6.61 Å². The van der Waals surface area contributed by atoms with Crippen LogP contribution < -0.4 is 4.74 Å². The first-order chi connectivity index (χ1) is 8.93. The second-order valence-corrected chi connectivity index (χ2v) is 5.55. The fourth-order valence-electron chi connectivity index (χ4n) is 1.58. The van der Waals surface area contributed by atoms with Crippen LogP contribution >= 0.6 is 15.9 Å². The molecule has 1 aromatic rings. The number of carboxylic acid groups (broad SMARTS) is 1. The van der Waals surface area contributed by atoms with E-state index in [9.17, 15) is 4.79 Å². The number of carbonyl (C=O) groups is 1. The largest absolute Gasteiger partial charge is 0.492 e. The normalized spacial score (nSPS) is 12.6. The number of hydrogen-bond donors (Lipinski definition) is 1. The van der Waals surface area contributed by atoms with E-state index in [4.69, 9.17) is 9.84 Å². The van der Waals surface area contributed by atoms with Crippen molar-refractivity contribution >= 4 is 28.0 Å². The first-order valence-electron chi connectivity index (χ1n) is 6.28. The lowest BCUT2D eigenvalue weighted by molar-refractivity contribution is -0.131. The molecule has 0 aliphatic heterocycles. The monoisotopic (exact) mass is 326 g/mol. The van der Waals surface area contributed by atoms with Crippen molar-refractivity contribution in [3.05, 3.63) is 33.8 Å². The summed E-state index contributed by atoms with van der Waals surface area (Å²) < 4.78 is 6.75. The molecule has 0 aliphatic rings. The van der Waals surface area contributed by atoms with E-state index in [0.29, 0.717) is 12.5 Å². The summed E-state index contributed by atoms with van der Waals surface area (Å²) in [6.45, 7) is 6.83. The van der Waals surface area contributed by atoms with Crippen LogP contribution in [0.4, 0.5) is 0 Å². The van der Waals surface area contributed by atoms with Gasteiger partial charge in [0.1, 0.15) is 5.75 Å². The summed E-state index contributed by atoms with van der Waals surface area (Å²) in [5.74, 6) is 0.255. The third-order valence-corrected chi connectivity index (χ3v) is 3.34. The molecule has 4 heteroatoms. The number of benzene rings is 1. The SMILES string of the molecule is CCC(C)COc1c(C)cc(Br)cc1/C=C/C(=O)O. The summed E-state index contributed by atoms with van der Waals surface area (Å²) in [6.07, 6.45) is 3.74. The van der Waals surface area contributed by atoms with Crippen molar-refractivity contribution in [1.29, 1.82) is 0 Å². The summed E-state index contributed by atoms with van der Waals surface area (Å²) in [5.41, 5.74) is 1.76. The quantitative estimate of drug-likeness (QED) is 0.793. The maximum atomic E-state index is 10.6. The topological polar surface area (TPSA) is 46.5 Å². The van der Waals surface area contributed by atoms with Crippen molar-refractivity contribution in [3.8, 4) is 5.75 Å². The van der Waals surface area contributed by atoms with Gasteiger partial charge in [-0.3, -0.25) is 0 Å². The van der Waals surface area contributed by atoms with Crippen LogP contribution in [-0.4, -0.2) is 17.7 Å². The molecule has 1 rings (SSSR count).